The molecule has 7 heteroatoms. The monoisotopic (exact) mass is 347 g/mol. The van der Waals surface area contributed by atoms with Crippen LogP contribution in [-0.2, 0) is 4.79 Å². The molecule has 0 radical (unpaired) electrons. The second-order valence-corrected chi connectivity index (χ2v) is 6.87. The third-order valence-electron chi connectivity index (χ3n) is 2.56. The third kappa shape index (κ3) is 5.30. The van der Waals surface area contributed by atoms with Crippen LogP contribution in [0, 0.1) is 5.92 Å². The van der Waals surface area contributed by atoms with E-state index in [2.05, 4.69) is 21.2 Å². The Balaban J connectivity index is 2.44. The first-order valence-corrected chi connectivity index (χ1v) is 7.52. The van der Waals surface area contributed by atoms with Crippen molar-refractivity contribution in [3.63, 3.8) is 0 Å². The maximum absolute atomic E-state index is 12.0. The van der Waals surface area contributed by atoms with Crippen molar-refractivity contribution in [2.24, 2.45) is 11.7 Å². The van der Waals surface area contributed by atoms with Crippen LogP contribution in [-0.4, -0.2) is 43.4 Å². The Morgan fingerprint density at radius 3 is 2.74 bits per heavy atom. The summed E-state index contributed by atoms with van der Waals surface area (Å²) in [5.74, 6) is -0.0947. The van der Waals surface area contributed by atoms with Crippen LogP contribution < -0.4 is 11.1 Å². The number of hydrogen-bond acceptors (Lipinski definition) is 4. The topological polar surface area (TPSA) is 75.4 Å². The van der Waals surface area contributed by atoms with Crippen LogP contribution in [0.5, 0.6) is 0 Å². The Morgan fingerprint density at radius 1 is 1.53 bits per heavy atom. The van der Waals surface area contributed by atoms with Crippen molar-refractivity contribution in [1.82, 2.24) is 10.2 Å². The van der Waals surface area contributed by atoms with Gasteiger partial charge in [-0.3, -0.25) is 9.59 Å². The average molecular weight is 348 g/mol. The number of thiophene rings is 1. The summed E-state index contributed by atoms with van der Waals surface area (Å²) in [5, 5.41) is 2.76. The van der Waals surface area contributed by atoms with Gasteiger partial charge in [-0.15, -0.1) is 11.3 Å². The smallest absolute Gasteiger partial charge is 0.264 e. The predicted octanol–water partition coefficient (Wildman–Crippen LogP) is 1.29. The average Bonchev–Trinajstić information content (AvgIpc) is 2.81. The summed E-state index contributed by atoms with van der Waals surface area (Å²) in [6.45, 7) is 3.06. The highest BCUT2D eigenvalue weighted by atomic mass is 79.9. The van der Waals surface area contributed by atoms with E-state index in [4.69, 9.17) is 5.73 Å². The molecule has 1 aromatic rings. The molecule has 1 atom stereocenters. The fraction of sp³-hybridized carbons (Fsp3) is 0.500. The van der Waals surface area contributed by atoms with Crippen molar-refractivity contribution in [2.75, 3.05) is 26.7 Å². The van der Waals surface area contributed by atoms with E-state index in [0.717, 1.165) is 3.79 Å². The highest BCUT2D eigenvalue weighted by Gasteiger charge is 2.16. The van der Waals surface area contributed by atoms with Crippen LogP contribution in [0.25, 0.3) is 0 Å². The summed E-state index contributed by atoms with van der Waals surface area (Å²) in [7, 11) is 1.61. The Morgan fingerprint density at radius 2 is 2.21 bits per heavy atom. The molecule has 0 aromatic carbocycles. The van der Waals surface area contributed by atoms with Crippen LogP contribution in [0.2, 0.25) is 0 Å². The van der Waals surface area contributed by atoms with Crippen molar-refractivity contribution in [3.05, 3.63) is 20.8 Å². The molecule has 0 saturated heterocycles. The largest absolute Gasteiger partial charge is 0.354 e. The molecular weight excluding hydrogens is 330 g/mol. The molecule has 0 aliphatic carbocycles. The van der Waals surface area contributed by atoms with Crippen molar-refractivity contribution >= 4 is 39.1 Å². The van der Waals surface area contributed by atoms with Crippen LogP contribution in [0.1, 0.15) is 16.6 Å². The molecule has 1 unspecified atom stereocenters. The zero-order chi connectivity index (χ0) is 14.4. The fourth-order valence-electron chi connectivity index (χ4n) is 1.33. The fourth-order valence-corrected chi connectivity index (χ4v) is 2.71. The van der Waals surface area contributed by atoms with Crippen LogP contribution in [0.3, 0.4) is 0 Å². The second-order valence-electron chi connectivity index (χ2n) is 4.41. The summed E-state index contributed by atoms with van der Waals surface area (Å²) >= 11 is 4.66. The lowest BCUT2D eigenvalue weighted by Crippen LogP contribution is -2.40. The Bertz CT molecular complexity index is 450. The van der Waals surface area contributed by atoms with Gasteiger partial charge in [-0.05, 0) is 40.5 Å². The van der Waals surface area contributed by atoms with E-state index < -0.39 is 0 Å². The molecule has 2 amide bonds. The molecule has 5 nitrogen and oxygen atoms in total. The standard InChI is InChI=1S/C12H18BrN3O2S/c1-8(5-14)6-15-11(17)7-16(2)12(18)9-3-4-10(13)19-9/h3-4,8H,5-7,14H2,1-2H3,(H,15,17). The first-order valence-electron chi connectivity index (χ1n) is 5.91. The third-order valence-corrected chi connectivity index (χ3v) is 4.17. The highest BCUT2D eigenvalue weighted by molar-refractivity contribution is 9.11. The van der Waals surface area contributed by atoms with Gasteiger partial charge in [0.15, 0.2) is 0 Å². The normalized spacial score (nSPS) is 12.0. The number of amides is 2. The van der Waals surface area contributed by atoms with Crippen LogP contribution >= 0.6 is 27.3 Å². The number of carbonyl (C=O) groups is 2. The van der Waals surface area contributed by atoms with Gasteiger partial charge in [0, 0.05) is 13.6 Å². The number of nitrogens with one attached hydrogen (secondary N) is 1. The van der Waals surface area contributed by atoms with Gasteiger partial charge in [-0.25, -0.2) is 0 Å². The second kappa shape index (κ2) is 7.62. The first-order chi connectivity index (χ1) is 8.93. The van der Waals surface area contributed by atoms with Gasteiger partial charge < -0.3 is 16.0 Å². The molecule has 0 bridgehead atoms. The number of halogens is 1. The molecular formula is C12H18BrN3O2S. The first kappa shape index (κ1) is 16.1. The van der Waals surface area contributed by atoms with E-state index in [1.54, 1.807) is 13.1 Å². The van der Waals surface area contributed by atoms with Crippen LogP contribution in [0.4, 0.5) is 0 Å². The SMILES string of the molecule is CC(CN)CNC(=O)CN(C)C(=O)c1ccc(Br)s1. The maximum Gasteiger partial charge on any atom is 0.264 e. The highest BCUT2D eigenvalue weighted by Crippen LogP contribution is 2.22. The van der Waals surface area contributed by atoms with Gasteiger partial charge >= 0.3 is 0 Å². The number of carbonyl (C=O) groups excluding carboxylic acids is 2. The summed E-state index contributed by atoms with van der Waals surface area (Å²) in [6, 6.07) is 3.55. The van der Waals surface area contributed by atoms with E-state index in [1.165, 1.54) is 16.2 Å². The molecule has 3 N–H and O–H groups in total. The maximum atomic E-state index is 12.0. The summed E-state index contributed by atoms with van der Waals surface area (Å²) in [5.41, 5.74) is 5.47. The molecule has 0 aliphatic heterocycles. The lowest BCUT2D eigenvalue weighted by Gasteiger charge is -2.17. The minimum atomic E-state index is -0.174. The lowest BCUT2D eigenvalue weighted by atomic mass is 10.2. The van der Waals surface area contributed by atoms with Crippen molar-refractivity contribution < 1.29 is 9.59 Å². The molecule has 19 heavy (non-hydrogen) atoms. The molecule has 1 aromatic heterocycles. The van der Waals surface area contributed by atoms with E-state index in [9.17, 15) is 9.59 Å². The zero-order valence-corrected chi connectivity index (χ0v) is 13.4. The van der Waals surface area contributed by atoms with E-state index in [1.807, 2.05) is 13.0 Å². The molecule has 0 spiro atoms. The van der Waals surface area contributed by atoms with E-state index in [0.29, 0.717) is 18.0 Å². The Kier molecular flexibility index (Phi) is 6.47. The summed E-state index contributed by atoms with van der Waals surface area (Å²) in [4.78, 5) is 25.7. The van der Waals surface area contributed by atoms with Crippen molar-refractivity contribution in [1.29, 1.82) is 0 Å². The van der Waals surface area contributed by atoms with Gasteiger partial charge in [-0.1, -0.05) is 6.92 Å². The Hall–Kier alpha value is -0.920. The summed E-state index contributed by atoms with van der Waals surface area (Å²) in [6.07, 6.45) is 0. The minimum Gasteiger partial charge on any atom is -0.354 e. The molecule has 106 valence electrons. The zero-order valence-electron chi connectivity index (χ0n) is 11.0. The van der Waals surface area contributed by atoms with Crippen molar-refractivity contribution in [2.45, 2.75) is 6.92 Å². The Labute approximate surface area is 125 Å². The van der Waals surface area contributed by atoms with Gasteiger partial charge in [0.1, 0.15) is 0 Å². The molecule has 1 rings (SSSR count). The molecule has 1 heterocycles. The molecule has 0 aliphatic rings. The van der Waals surface area contributed by atoms with E-state index in [-0.39, 0.29) is 24.3 Å². The van der Waals surface area contributed by atoms with Gasteiger partial charge in [-0.2, -0.15) is 0 Å². The number of hydrogen-bond donors (Lipinski definition) is 2. The van der Waals surface area contributed by atoms with Gasteiger partial charge in [0.05, 0.1) is 15.2 Å². The molecule has 0 fully saturated rings. The van der Waals surface area contributed by atoms with Gasteiger partial charge in [0.25, 0.3) is 5.91 Å². The number of nitrogens with zero attached hydrogens (tertiary/aromatic N) is 1. The predicted molar refractivity (Wildman–Crippen MR) is 80.2 cm³/mol. The lowest BCUT2D eigenvalue weighted by molar-refractivity contribution is -0.121. The van der Waals surface area contributed by atoms with E-state index >= 15 is 0 Å². The van der Waals surface area contributed by atoms with Crippen molar-refractivity contribution in [3.8, 4) is 0 Å². The quantitative estimate of drug-likeness (QED) is 0.814. The summed E-state index contributed by atoms with van der Waals surface area (Å²) < 4.78 is 0.894. The number of likely N-dealkylation sites (N-methyl/N-ethyl adjacent to an activating group) is 1. The number of rotatable bonds is 6. The number of nitrogens with two attached hydrogens (primary N) is 1. The molecule has 0 saturated carbocycles. The van der Waals surface area contributed by atoms with Gasteiger partial charge in [0.2, 0.25) is 5.91 Å². The minimum absolute atomic E-state index is 0.0473. The van der Waals surface area contributed by atoms with Crippen LogP contribution in [0.15, 0.2) is 15.9 Å².